The van der Waals surface area contributed by atoms with Gasteiger partial charge < -0.3 is 9.47 Å². The fourth-order valence-corrected chi connectivity index (χ4v) is 2.20. The average molecular weight is 296 g/mol. The lowest BCUT2D eigenvalue weighted by molar-refractivity contribution is -0.140. The molecule has 3 rings (SSSR count). The summed E-state index contributed by atoms with van der Waals surface area (Å²) in [6.07, 6.45) is -4.50. The number of benzene rings is 1. The van der Waals surface area contributed by atoms with Crippen LogP contribution in [0.4, 0.5) is 13.2 Å². The molecule has 0 radical (unpaired) electrons. The molecule has 1 aromatic heterocycles. The average Bonchev–Trinajstić information content (AvgIpc) is 2.98. The van der Waals surface area contributed by atoms with E-state index in [1.807, 2.05) is 0 Å². The topological polar surface area (TPSA) is 43.7 Å². The van der Waals surface area contributed by atoms with Crippen molar-refractivity contribution in [3.63, 3.8) is 0 Å². The van der Waals surface area contributed by atoms with Crippen molar-refractivity contribution in [1.29, 1.82) is 0 Å². The number of nitrogens with zero attached hydrogens (tertiary/aromatic N) is 2. The van der Waals surface area contributed by atoms with E-state index in [2.05, 4.69) is 9.98 Å². The van der Waals surface area contributed by atoms with Gasteiger partial charge in [-0.1, -0.05) is 0 Å². The van der Waals surface area contributed by atoms with Gasteiger partial charge in [-0.05, 0) is 24.3 Å². The Morgan fingerprint density at radius 2 is 2.00 bits per heavy atom. The number of fused-ring (bicyclic) bond motifs is 1. The maximum absolute atomic E-state index is 12.8. The van der Waals surface area contributed by atoms with Gasteiger partial charge in [-0.25, -0.2) is 9.98 Å². The standard InChI is InChI=1S/C14H11F3N2O2/c1-20-10-4-2-9(13-18-6-7-21-13)8-3-5-11(14(15,16)17)19-12(8)10/h2-5H,6-7H2,1H3. The van der Waals surface area contributed by atoms with Crippen molar-refractivity contribution in [1.82, 2.24) is 4.98 Å². The summed E-state index contributed by atoms with van der Waals surface area (Å²) >= 11 is 0. The molecule has 0 aliphatic carbocycles. The lowest BCUT2D eigenvalue weighted by atomic mass is 10.1. The summed E-state index contributed by atoms with van der Waals surface area (Å²) in [6, 6.07) is 5.59. The summed E-state index contributed by atoms with van der Waals surface area (Å²) in [5.41, 5.74) is -0.202. The van der Waals surface area contributed by atoms with Crippen molar-refractivity contribution < 1.29 is 22.6 Å². The van der Waals surface area contributed by atoms with Gasteiger partial charge in [0.1, 0.15) is 23.6 Å². The summed E-state index contributed by atoms with van der Waals surface area (Å²) in [6.45, 7) is 1.01. The van der Waals surface area contributed by atoms with Gasteiger partial charge in [-0.3, -0.25) is 0 Å². The number of hydrogen-bond donors (Lipinski definition) is 0. The van der Waals surface area contributed by atoms with Gasteiger partial charge in [-0.15, -0.1) is 0 Å². The Hall–Kier alpha value is -2.31. The molecule has 0 N–H and O–H groups in total. The molecule has 110 valence electrons. The number of hydrogen-bond acceptors (Lipinski definition) is 4. The van der Waals surface area contributed by atoms with E-state index in [-0.39, 0.29) is 11.3 Å². The molecule has 0 bridgehead atoms. The van der Waals surface area contributed by atoms with E-state index < -0.39 is 11.9 Å². The third-order valence-corrected chi connectivity index (χ3v) is 3.15. The molecule has 1 aliphatic heterocycles. The second kappa shape index (κ2) is 4.91. The highest BCUT2D eigenvalue weighted by atomic mass is 19.4. The van der Waals surface area contributed by atoms with Crippen molar-refractivity contribution in [2.45, 2.75) is 6.18 Å². The predicted octanol–water partition coefficient (Wildman–Crippen LogP) is 3.04. The maximum Gasteiger partial charge on any atom is 0.433 e. The first-order chi connectivity index (χ1) is 10.0. The fraction of sp³-hybridized carbons (Fsp3) is 0.286. The van der Waals surface area contributed by atoms with Crippen LogP contribution in [0.25, 0.3) is 10.9 Å². The molecule has 0 atom stereocenters. The summed E-state index contributed by atoms with van der Waals surface area (Å²) < 4.78 is 48.9. The second-order valence-corrected chi connectivity index (χ2v) is 4.44. The molecule has 0 unspecified atom stereocenters. The van der Waals surface area contributed by atoms with Gasteiger partial charge in [0.15, 0.2) is 0 Å². The highest BCUT2D eigenvalue weighted by Gasteiger charge is 2.33. The molecule has 2 heterocycles. The zero-order valence-corrected chi connectivity index (χ0v) is 11.1. The van der Waals surface area contributed by atoms with Crippen LogP contribution < -0.4 is 4.74 Å². The summed E-state index contributed by atoms with van der Waals surface area (Å²) in [4.78, 5) is 7.88. The normalized spacial score (nSPS) is 15.0. The number of rotatable bonds is 2. The summed E-state index contributed by atoms with van der Waals surface area (Å²) in [7, 11) is 1.39. The lowest BCUT2D eigenvalue weighted by Gasteiger charge is -2.12. The van der Waals surface area contributed by atoms with Gasteiger partial charge in [0.2, 0.25) is 5.90 Å². The number of pyridine rings is 1. The highest BCUT2D eigenvalue weighted by Crippen LogP contribution is 2.33. The van der Waals surface area contributed by atoms with Crippen LogP contribution in [-0.4, -0.2) is 31.1 Å². The SMILES string of the molecule is COc1ccc(C2=NCCO2)c2ccc(C(F)(F)F)nc12. The van der Waals surface area contributed by atoms with E-state index >= 15 is 0 Å². The third-order valence-electron chi connectivity index (χ3n) is 3.15. The van der Waals surface area contributed by atoms with Crippen LogP contribution in [0.15, 0.2) is 29.3 Å². The van der Waals surface area contributed by atoms with Crippen LogP contribution in [-0.2, 0) is 10.9 Å². The molecule has 0 amide bonds. The quantitative estimate of drug-likeness (QED) is 0.855. The minimum atomic E-state index is -4.50. The molecule has 0 saturated heterocycles. The Bertz CT molecular complexity index is 726. The molecule has 21 heavy (non-hydrogen) atoms. The first-order valence-electron chi connectivity index (χ1n) is 6.23. The third kappa shape index (κ3) is 2.39. The molecular weight excluding hydrogens is 285 g/mol. The molecule has 0 saturated carbocycles. The van der Waals surface area contributed by atoms with Crippen LogP contribution in [0.1, 0.15) is 11.3 Å². The van der Waals surface area contributed by atoms with Crippen molar-refractivity contribution in [3.05, 3.63) is 35.5 Å². The number of alkyl halides is 3. The Balaban J connectivity index is 2.25. The molecule has 0 spiro atoms. The molecule has 1 aromatic carbocycles. The first kappa shape index (κ1) is 13.7. The summed E-state index contributed by atoms with van der Waals surface area (Å²) in [5.74, 6) is 0.697. The van der Waals surface area contributed by atoms with E-state index in [0.717, 1.165) is 6.07 Å². The van der Waals surface area contributed by atoms with Crippen LogP contribution in [0.3, 0.4) is 0 Å². The smallest absolute Gasteiger partial charge is 0.433 e. The van der Waals surface area contributed by atoms with Gasteiger partial charge in [-0.2, -0.15) is 13.2 Å². The molecule has 2 aromatic rings. The largest absolute Gasteiger partial charge is 0.494 e. The zero-order valence-electron chi connectivity index (χ0n) is 11.1. The van der Waals surface area contributed by atoms with E-state index in [1.165, 1.54) is 13.2 Å². The second-order valence-electron chi connectivity index (χ2n) is 4.44. The van der Waals surface area contributed by atoms with Crippen molar-refractivity contribution in [2.75, 3.05) is 20.3 Å². The number of methoxy groups -OCH3 is 1. The van der Waals surface area contributed by atoms with Gasteiger partial charge in [0.25, 0.3) is 0 Å². The Kier molecular flexibility index (Phi) is 3.19. The maximum atomic E-state index is 12.8. The van der Waals surface area contributed by atoms with Crippen molar-refractivity contribution in [2.24, 2.45) is 4.99 Å². The van der Waals surface area contributed by atoms with E-state index in [9.17, 15) is 13.2 Å². The first-order valence-corrected chi connectivity index (χ1v) is 6.23. The highest BCUT2D eigenvalue weighted by molar-refractivity contribution is 6.08. The van der Waals surface area contributed by atoms with Gasteiger partial charge in [0, 0.05) is 10.9 Å². The van der Waals surface area contributed by atoms with Crippen LogP contribution in [0.5, 0.6) is 5.75 Å². The molecule has 0 fully saturated rings. The monoisotopic (exact) mass is 296 g/mol. The zero-order chi connectivity index (χ0) is 15.0. The van der Waals surface area contributed by atoms with Gasteiger partial charge in [0.05, 0.1) is 13.7 Å². The van der Waals surface area contributed by atoms with Crippen LogP contribution in [0.2, 0.25) is 0 Å². The minimum Gasteiger partial charge on any atom is -0.494 e. The van der Waals surface area contributed by atoms with E-state index in [1.54, 1.807) is 12.1 Å². The number of aliphatic imine (C=N–C) groups is 1. The van der Waals surface area contributed by atoms with Crippen LogP contribution in [0, 0.1) is 0 Å². The van der Waals surface area contributed by atoms with E-state index in [0.29, 0.717) is 30.0 Å². The van der Waals surface area contributed by atoms with Gasteiger partial charge >= 0.3 is 6.18 Å². The number of ether oxygens (including phenoxy) is 2. The van der Waals surface area contributed by atoms with Crippen LogP contribution >= 0.6 is 0 Å². The Morgan fingerprint density at radius 1 is 1.19 bits per heavy atom. The predicted molar refractivity (Wildman–Crippen MR) is 70.7 cm³/mol. The number of halogens is 3. The molecular formula is C14H11F3N2O2. The minimum absolute atomic E-state index is 0.142. The number of aromatic nitrogens is 1. The fourth-order valence-electron chi connectivity index (χ4n) is 2.20. The Labute approximate surface area is 118 Å². The van der Waals surface area contributed by atoms with Crippen molar-refractivity contribution >= 4 is 16.8 Å². The molecule has 4 nitrogen and oxygen atoms in total. The Morgan fingerprint density at radius 3 is 2.62 bits per heavy atom. The molecule has 7 heteroatoms. The lowest BCUT2D eigenvalue weighted by Crippen LogP contribution is -2.09. The van der Waals surface area contributed by atoms with Crippen molar-refractivity contribution in [3.8, 4) is 5.75 Å². The summed E-state index contributed by atoms with van der Waals surface area (Å²) in [5, 5.41) is 0.517. The van der Waals surface area contributed by atoms with E-state index in [4.69, 9.17) is 9.47 Å². The molecule has 1 aliphatic rings.